The van der Waals surface area contributed by atoms with Crippen LogP contribution in [0.5, 0.6) is 5.75 Å². The molecule has 0 atom stereocenters. The molecule has 9 heteroatoms. The third kappa shape index (κ3) is 5.42. The molecule has 2 aromatic rings. The van der Waals surface area contributed by atoms with E-state index in [0.29, 0.717) is 33.8 Å². The molecular weight excluding hydrogens is 435 g/mol. The third-order valence-electron chi connectivity index (χ3n) is 4.51. The van der Waals surface area contributed by atoms with Gasteiger partial charge in [-0.2, -0.15) is 0 Å². The Morgan fingerprint density at radius 1 is 1.17 bits per heavy atom. The van der Waals surface area contributed by atoms with Crippen molar-refractivity contribution in [2.75, 3.05) is 32.2 Å². The van der Waals surface area contributed by atoms with Crippen molar-refractivity contribution in [1.29, 1.82) is 0 Å². The maximum Gasteiger partial charge on any atom is 0.262 e. The summed E-state index contributed by atoms with van der Waals surface area (Å²) in [4.78, 5) is 26.4. The highest BCUT2D eigenvalue weighted by molar-refractivity contribution is 7.17. The van der Waals surface area contributed by atoms with E-state index >= 15 is 0 Å². The number of fused-ring (bicyclic) bond motifs is 1. The van der Waals surface area contributed by atoms with Crippen molar-refractivity contribution < 1.29 is 19.1 Å². The molecule has 3 rings (SSSR count). The van der Waals surface area contributed by atoms with Crippen LogP contribution in [0.4, 0.5) is 5.00 Å². The van der Waals surface area contributed by atoms with Crippen LogP contribution in [-0.2, 0) is 22.4 Å². The number of aryl methyl sites for hydroxylation is 1. The van der Waals surface area contributed by atoms with Gasteiger partial charge in [-0.15, -0.1) is 11.3 Å². The zero-order chi connectivity index (χ0) is 20.8. The normalized spacial score (nSPS) is 12.9. The van der Waals surface area contributed by atoms with E-state index in [9.17, 15) is 9.59 Å². The average Bonchev–Trinajstić information content (AvgIpc) is 3.05. The predicted octanol–water partition coefficient (Wildman–Crippen LogP) is 4.33. The van der Waals surface area contributed by atoms with E-state index in [1.807, 2.05) is 0 Å². The van der Waals surface area contributed by atoms with Crippen LogP contribution < -0.4 is 15.4 Å². The zero-order valence-electron chi connectivity index (χ0n) is 16.0. The smallest absolute Gasteiger partial charge is 0.262 e. The van der Waals surface area contributed by atoms with Gasteiger partial charge >= 0.3 is 0 Å². The highest BCUT2D eigenvalue weighted by Gasteiger charge is 2.26. The van der Waals surface area contributed by atoms with Gasteiger partial charge in [-0.25, -0.2) is 0 Å². The molecule has 156 valence electrons. The molecule has 0 saturated carbocycles. The summed E-state index contributed by atoms with van der Waals surface area (Å²) in [6, 6.07) is 4.97. The van der Waals surface area contributed by atoms with Crippen LogP contribution in [0.2, 0.25) is 10.0 Å². The second-order valence-corrected chi connectivity index (χ2v) is 8.47. The SMILES string of the molecule is COCCNC(=O)c1c(NC(=O)COc2c(Cl)cccc2Cl)sc2c1CCCC2. The summed E-state index contributed by atoms with van der Waals surface area (Å²) in [7, 11) is 1.58. The van der Waals surface area contributed by atoms with Gasteiger partial charge < -0.3 is 20.1 Å². The number of carbonyl (C=O) groups is 2. The zero-order valence-corrected chi connectivity index (χ0v) is 18.3. The number of methoxy groups -OCH3 is 1. The topological polar surface area (TPSA) is 76.7 Å². The van der Waals surface area contributed by atoms with Crippen LogP contribution >= 0.6 is 34.5 Å². The number of benzene rings is 1. The Balaban J connectivity index is 1.73. The lowest BCUT2D eigenvalue weighted by Crippen LogP contribution is -2.29. The van der Waals surface area contributed by atoms with Crippen molar-refractivity contribution in [1.82, 2.24) is 5.32 Å². The molecule has 0 fully saturated rings. The largest absolute Gasteiger partial charge is 0.481 e. The van der Waals surface area contributed by atoms with Crippen LogP contribution in [0.3, 0.4) is 0 Å². The van der Waals surface area contributed by atoms with E-state index in [0.717, 1.165) is 36.1 Å². The summed E-state index contributed by atoms with van der Waals surface area (Å²) in [6.45, 7) is 0.560. The van der Waals surface area contributed by atoms with E-state index in [1.165, 1.54) is 11.3 Å². The van der Waals surface area contributed by atoms with Crippen LogP contribution in [-0.4, -0.2) is 38.7 Å². The second-order valence-electron chi connectivity index (χ2n) is 6.55. The molecule has 0 aliphatic heterocycles. The van der Waals surface area contributed by atoms with Gasteiger partial charge in [0.15, 0.2) is 12.4 Å². The molecule has 1 aliphatic carbocycles. The number of nitrogens with one attached hydrogen (secondary N) is 2. The summed E-state index contributed by atoms with van der Waals surface area (Å²) in [5.41, 5.74) is 1.58. The third-order valence-corrected chi connectivity index (χ3v) is 6.31. The van der Waals surface area contributed by atoms with Gasteiger partial charge in [0.05, 0.1) is 22.2 Å². The van der Waals surface area contributed by atoms with Crippen molar-refractivity contribution in [3.8, 4) is 5.75 Å². The van der Waals surface area contributed by atoms with Crippen molar-refractivity contribution in [2.45, 2.75) is 25.7 Å². The molecule has 0 saturated heterocycles. The summed E-state index contributed by atoms with van der Waals surface area (Å²) >= 11 is 13.6. The second kappa shape index (κ2) is 10.3. The molecule has 1 aliphatic rings. The van der Waals surface area contributed by atoms with Crippen molar-refractivity contribution in [3.05, 3.63) is 44.2 Å². The number of hydrogen-bond donors (Lipinski definition) is 2. The van der Waals surface area contributed by atoms with E-state index in [1.54, 1.807) is 25.3 Å². The number of thiophene rings is 1. The highest BCUT2D eigenvalue weighted by atomic mass is 35.5. The van der Waals surface area contributed by atoms with Crippen LogP contribution in [0, 0.1) is 0 Å². The van der Waals surface area contributed by atoms with Gasteiger partial charge in [0, 0.05) is 18.5 Å². The molecular formula is C20H22Cl2N2O4S. The number of carbonyl (C=O) groups excluding carboxylic acids is 2. The Labute approximate surface area is 183 Å². The standard InChI is InChI=1S/C20H22Cl2N2O4S/c1-27-10-9-23-19(26)17-12-5-2-3-8-15(12)29-20(17)24-16(25)11-28-18-13(21)6-4-7-14(18)22/h4,6-7H,2-3,5,8-11H2,1H3,(H,23,26)(H,24,25). The minimum absolute atomic E-state index is 0.202. The number of hydrogen-bond acceptors (Lipinski definition) is 5. The molecule has 0 bridgehead atoms. The van der Waals surface area contributed by atoms with Gasteiger partial charge in [-0.1, -0.05) is 29.3 Å². The number of amides is 2. The first kappa shape index (κ1) is 21.9. The molecule has 1 aromatic heterocycles. The van der Waals surface area contributed by atoms with E-state index in [-0.39, 0.29) is 24.2 Å². The van der Waals surface area contributed by atoms with Crippen LogP contribution in [0.25, 0.3) is 0 Å². The lowest BCUT2D eigenvalue weighted by Gasteiger charge is -2.13. The summed E-state index contributed by atoms with van der Waals surface area (Å²) < 4.78 is 10.5. The van der Waals surface area contributed by atoms with Crippen molar-refractivity contribution in [2.24, 2.45) is 0 Å². The Hall–Kier alpha value is -1.80. The van der Waals surface area contributed by atoms with Gasteiger partial charge in [0.2, 0.25) is 0 Å². The van der Waals surface area contributed by atoms with Crippen LogP contribution in [0.1, 0.15) is 33.6 Å². The number of ether oxygens (including phenoxy) is 2. The Morgan fingerprint density at radius 2 is 1.90 bits per heavy atom. The molecule has 29 heavy (non-hydrogen) atoms. The van der Waals surface area contributed by atoms with Gasteiger partial charge in [-0.05, 0) is 43.4 Å². The quantitative estimate of drug-likeness (QED) is 0.579. The van der Waals surface area contributed by atoms with Crippen molar-refractivity contribution >= 4 is 51.4 Å². The fourth-order valence-electron chi connectivity index (χ4n) is 3.17. The first-order valence-electron chi connectivity index (χ1n) is 9.29. The van der Waals surface area contributed by atoms with E-state index in [2.05, 4.69) is 10.6 Å². The highest BCUT2D eigenvalue weighted by Crippen LogP contribution is 2.38. The van der Waals surface area contributed by atoms with E-state index in [4.69, 9.17) is 32.7 Å². The Morgan fingerprint density at radius 3 is 2.62 bits per heavy atom. The first-order chi connectivity index (χ1) is 14.0. The van der Waals surface area contributed by atoms with Crippen LogP contribution in [0.15, 0.2) is 18.2 Å². The maximum absolute atomic E-state index is 12.7. The van der Waals surface area contributed by atoms with Gasteiger partial charge in [0.25, 0.3) is 11.8 Å². The first-order valence-corrected chi connectivity index (χ1v) is 10.9. The molecule has 0 spiro atoms. The average molecular weight is 457 g/mol. The summed E-state index contributed by atoms with van der Waals surface area (Å²) in [5, 5.41) is 6.88. The maximum atomic E-state index is 12.7. The van der Waals surface area contributed by atoms with Gasteiger partial charge in [0.1, 0.15) is 5.00 Å². The lowest BCUT2D eigenvalue weighted by atomic mass is 9.95. The fourth-order valence-corrected chi connectivity index (χ4v) is 4.98. The molecule has 1 heterocycles. The monoisotopic (exact) mass is 456 g/mol. The fraction of sp³-hybridized carbons (Fsp3) is 0.400. The lowest BCUT2D eigenvalue weighted by molar-refractivity contribution is -0.118. The molecule has 0 radical (unpaired) electrons. The number of halogens is 2. The number of rotatable bonds is 8. The van der Waals surface area contributed by atoms with Gasteiger partial charge in [-0.3, -0.25) is 9.59 Å². The molecule has 0 unspecified atom stereocenters. The molecule has 6 nitrogen and oxygen atoms in total. The number of para-hydroxylation sites is 1. The molecule has 1 aromatic carbocycles. The Kier molecular flexibility index (Phi) is 7.77. The van der Waals surface area contributed by atoms with Crippen molar-refractivity contribution in [3.63, 3.8) is 0 Å². The minimum Gasteiger partial charge on any atom is -0.481 e. The summed E-state index contributed by atoms with van der Waals surface area (Å²) in [5.74, 6) is -0.327. The molecule has 2 N–H and O–H groups in total. The summed E-state index contributed by atoms with van der Waals surface area (Å²) in [6.07, 6.45) is 3.86. The Bertz CT molecular complexity index is 881. The predicted molar refractivity (Wildman–Crippen MR) is 116 cm³/mol. The van der Waals surface area contributed by atoms with E-state index < -0.39 is 0 Å². The number of anilines is 1. The molecule has 2 amide bonds. The minimum atomic E-state index is -0.384.